The lowest BCUT2D eigenvalue weighted by Gasteiger charge is -2.05. The summed E-state index contributed by atoms with van der Waals surface area (Å²) in [7, 11) is 0. The monoisotopic (exact) mass is 352 g/mol. The Morgan fingerprint density at radius 3 is 2.54 bits per heavy atom. The molecule has 0 spiro atoms. The zero-order chi connectivity index (χ0) is 18.3. The van der Waals surface area contributed by atoms with E-state index in [0.717, 1.165) is 16.7 Å². The second-order valence-electron chi connectivity index (χ2n) is 6.36. The van der Waals surface area contributed by atoms with E-state index in [9.17, 15) is 9.18 Å². The summed E-state index contributed by atoms with van der Waals surface area (Å²) in [5, 5.41) is 6.86. The lowest BCUT2D eigenvalue weighted by Crippen LogP contribution is -2.12. The number of nitrogens with one attached hydrogen (secondary N) is 1. The minimum absolute atomic E-state index is 0.152. The largest absolute Gasteiger partial charge is 0.368 e. The fourth-order valence-corrected chi connectivity index (χ4v) is 2.77. The van der Waals surface area contributed by atoms with Crippen LogP contribution in [0.5, 0.6) is 0 Å². The Hall–Kier alpha value is -2.99. The number of hydrogen-bond donors (Lipinski definition) is 1. The third kappa shape index (κ3) is 3.11. The van der Waals surface area contributed by atoms with Crippen molar-refractivity contribution >= 4 is 11.8 Å². The lowest BCUT2D eigenvalue weighted by atomic mass is 10.0. The van der Waals surface area contributed by atoms with E-state index in [0.29, 0.717) is 17.9 Å². The van der Waals surface area contributed by atoms with Gasteiger partial charge in [-0.05, 0) is 55.3 Å². The smallest absolute Gasteiger partial charge is 0.258 e. The number of aromatic nitrogens is 1. The van der Waals surface area contributed by atoms with Gasteiger partial charge in [-0.2, -0.15) is 0 Å². The Morgan fingerprint density at radius 2 is 1.88 bits per heavy atom. The van der Waals surface area contributed by atoms with Crippen LogP contribution >= 0.6 is 0 Å². The molecule has 2 heterocycles. The van der Waals surface area contributed by atoms with Crippen LogP contribution in [0.4, 0.5) is 10.3 Å². The molecule has 5 nitrogen and oxygen atoms in total. The van der Waals surface area contributed by atoms with E-state index in [4.69, 9.17) is 9.26 Å². The molecular formula is C20H17FN2O3. The highest BCUT2D eigenvalue weighted by atomic mass is 19.1. The predicted molar refractivity (Wildman–Crippen MR) is 94.5 cm³/mol. The van der Waals surface area contributed by atoms with Crippen LogP contribution < -0.4 is 5.32 Å². The normalized spacial score (nSPS) is 15.7. The summed E-state index contributed by atoms with van der Waals surface area (Å²) in [6, 6.07) is 11.3. The average molecular weight is 352 g/mol. The van der Waals surface area contributed by atoms with E-state index >= 15 is 0 Å². The summed E-state index contributed by atoms with van der Waals surface area (Å²) < 4.78 is 23.8. The van der Waals surface area contributed by atoms with Gasteiger partial charge in [0.25, 0.3) is 5.91 Å². The molecule has 2 aromatic carbocycles. The van der Waals surface area contributed by atoms with Gasteiger partial charge in [0.1, 0.15) is 17.6 Å². The van der Waals surface area contributed by atoms with E-state index in [2.05, 4.69) is 10.5 Å². The highest BCUT2D eigenvalue weighted by molar-refractivity contribution is 6.04. The van der Waals surface area contributed by atoms with E-state index in [-0.39, 0.29) is 12.0 Å². The summed E-state index contributed by atoms with van der Waals surface area (Å²) >= 11 is 0. The molecular weight excluding hydrogens is 335 g/mol. The Labute approximate surface area is 149 Å². The molecule has 3 aromatic rings. The summed E-state index contributed by atoms with van der Waals surface area (Å²) in [6.45, 7) is 4.63. The maximum atomic E-state index is 13.0. The second kappa shape index (κ2) is 6.38. The van der Waals surface area contributed by atoms with Crippen LogP contribution in [0.1, 0.15) is 33.2 Å². The van der Waals surface area contributed by atoms with Gasteiger partial charge < -0.3 is 9.26 Å². The van der Waals surface area contributed by atoms with Crippen LogP contribution in [0.3, 0.4) is 0 Å². The molecule has 26 heavy (non-hydrogen) atoms. The summed E-state index contributed by atoms with van der Waals surface area (Å²) in [6.07, 6.45) is -0.152. The number of nitrogens with zero attached hydrogens (tertiary/aromatic N) is 1. The molecule has 0 aliphatic carbocycles. The van der Waals surface area contributed by atoms with Crippen LogP contribution in [0.2, 0.25) is 0 Å². The van der Waals surface area contributed by atoms with Gasteiger partial charge in [0.2, 0.25) is 5.88 Å². The van der Waals surface area contributed by atoms with E-state index in [1.54, 1.807) is 0 Å². The first-order valence-electron chi connectivity index (χ1n) is 8.28. The molecule has 1 aromatic heterocycles. The molecule has 0 radical (unpaired) electrons. The van der Waals surface area contributed by atoms with Crippen molar-refractivity contribution in [2.75, 3.05) is 11.9 Å². The fraction of sp³-hybridized carbons (Fsp3) is 0.200. The van der Waals surface area contributed by atoms with Gasteiger partial charge in [0.05, 0.1) is 12.2 Å². The maximum absolute atomic E-state index is 13.0. The van der Waals surface area contributed by atoms with E-state index < -0.39 is 11.7 Å². The molecule has 1 atom stereocenters. The molecule has 1 saturated heterocycles. The first kappa shape index (κ1) is 16.5. The van der Waals surface area contributed by atoms with E-state index in [1.165, 1.54) is 29.8 Å². The van der Waals surface area contributed by atoms with Crippen molar-refractivity contribution in [3.8, 4) is 11.3 Å². The zero-order valence-corrected chi connectivity index (χ0v) is 14.4. The molecule has 1 fully saturated rings. The van der Waals surface area contributed by atoms with Gasteiger partial charge in [-0.1, -0.05) is 17.3 Å². The van der Waals surface area contributed by atoms with Crippen LogP contribution in [0.25, 0.3) is 11.3 Å². The van der Waals surface area contributed by atoms with Crippen molar-refractivity contribution in [1.82, 2.24) is 5.16 Å². The summed E-state index contributed by atoms with van der Waals surface area (Å²) in [4.78, 5) is 12.4. The molecule has 1 aliphatic rings. The van der Waals surface area contributed by atoms with Gasteiger partial charge in [0.15, 0.2) is 0 Å². The van der Waals surface area contributed by atoms with Gasteiger partial charge in [0, 0.05) is 11.1 Å². The number of benzene rings is 2. The van der Waals surface area contributed by atoms with Crippen LogP contribution in [-0.4, -0.2) is 17.7 Å². The number of carbonyl (C=O) groups excluding carboxylic acids is 1. The maximum Gasteiger partial charge on any atom is 0.258 e. The highest BCUT2D eigenvalue weighted by Gasteiger charge is 2.35. The first-order valence-corrected chi connectivity index (χ1v) is 8.28. The Morgan fingerprint density at radius 1 is 1.15 bits per heavy atom. The lowest BCUT2D eigenvalue weighted by molar-refractivity contribution is 0.102. The molecule has 6 heteroatoms. The number of halogens is 1. The van der Waals surface area contributed by atoms with Crippen LogP contribution in [0, 0.1) is 19.7 Å². The fourth-order valence-electron chi connectivity index (χ4n) is 2.77. The number of rotatable bonds is 4. The average Bonchev–Trinajstić information content (AvgIpc) is 3.38. The number of aryl methyl sites for hydroxylation is 2. The topological polar surface area (TPSA) is 67.7 Å². The molecule has 1 amide bonds. The minimum Gasteiger partial charge on any atom is -0.368 e. The molecule has 4 rings (SSSR count). The van der Waals surface area contributed by atoms with Crippen molar-refractivity contribution < 1.29 is 18.4 Å². The molecule has 0 saturated carbocycles. The van der Waals surface area contributed by atoms with Gasteiger partial charge >= 0.3 is 0 Å². The summed E-state index contributed by atoms with van der Waals surface area (Å²) in [5.74, 6) is -0.532. The molecule has 0 bridgehead atoms. The van der Waals surface area contributed by atoms with Crippen molar-refractivity contribution in [2.45, 2.75) is 20.0 Å². The van der Waals surface area contributed by atoms with Gasteiger partial charge in [-0.15, -0.1) is 0 Å². The first-order chi connectivity index (χ1) is 12.5. The Balaban J connectivity index is 1.67. The molecule has 1 N–H and O–H groups in total. The molecule has 132 valence electrons. The quantitative estimate of drug-likeness (QED) is 0.706. The van der Waals surface area contributed by atoms with Crippen LogP contribution in [-0.2, 0) is 4.74 Å². The van der Waals surface area contributed by atoms with Crippen molar-refractivity contribution in [3.05, 3.63) is 70.5 Å². The predicted octanol–water partition coefficient (Wildman–Crippen LogP) is 4.42. The second-order valence-corrected chi connectivity index (χ2v) is 6.36. The van der Waals surface area contributed by atoms with Crippen LogP contribution in [0.15, 0.2) is 47.0 Å². The van der Waals surface area contributed by atoms with Gasteiger partial charge in [-0.25, -0.2) is 4.39 Å². The van der Waals surface area contributed by atoms with Crippen molar-refractivity contribution in [2.24, 2.45) is 0 Å². The number of anilines is 1. The Kier molecular flexibility index (Phi) is 4.05. The molecule has 1 aliphatic heterocycles. The molecule has 1 unspecified atom stereocenters. The van der Waals surface area contributed by atoms with Crippen molar-refractivity contribution in [3.63, 3.8) is 0 Å². The third-order valence-electron chi connectivity index (χ3n) is 4.50. The SMILES string of the molecule is Cc1ccc(-c2noc(NC(=O)c3ccc(F)cc3)c2C2CO2)cc1C. The highest BCUT2D eigenvalue weighted by Crippen LogP contribution is 2.42. The number of hydrogen-bond acceptors (Lipinski definition) is 4. The standard InChI is InChI=1S/C20H17FN2O3/c1-11-3-4-14(9-12(11)2)18-17(16-10-25-16)20(26-23-18)22-19(24)13-5-7-15(21)8-6-13/h3-9,16H,10H2,1-2H3,(H,22,24). The number of epoxide rings is 1. The summed E-state index contributed by atoms with van der Waals surface area (Å²) in [5.41, 5.74) is 4.95. The van der Waals surface area contributed by atoms with Crippen molar-refractivity contribution in [1.29, 1.82) is 0 Å². The number of amides is 1. The number of carbonyl (C=O) groups is 1. The number of ether oxygens (including phenoxy) is 1. The van der Waals surface area contributed by atoms with Gasteiger partial charge in [-0.3, -0.25) is 10.1 Å². The minimum atomic E-state index is -0.398. The third-order valence-corrected chi connectivity index (χ3v) is 4.50. The zero-order valence-electron chi connectivity index (χ0n) is 14.4. The van der Waals surface area contributed by atoms with E-state index in [1.807, 2.05) is 32.0 Å². The Bertz CT molecular complexity index is 975.